The van der Waals surface area contributed by atoms with Crippen molar-refractivity contribution in [3.63, 3.8) is 0 Å². The number of esters is 1. The van der Waals surface area contributed by atoms with Gasteiger partial charge in [0.2, 0.25) is 5.91 Å². The van der Waals surface area contributed by atoms with Crippen LogP contribution in [-0.2, 0) is 19.7 Å². The molecule has 0 aromatic heterocycles. The van der Waals surface area contributed by atoms with E-state index in [1.54, 1.807) is 0 Å². The molecule has 1 amide bonds. The minimum atomic E-state index is -0.341. The van der Waals surface area contributed by atoms with E-state index in [1.165, 1.54) is 12.7 Å². The maximum Gasteiger partial charge on any atom is 0.306 e. The molecule has 1 aromatic rings. The van der Waals surface area contributed by atoms with Gasteiger partial charge in [-0.05, 0) is 23.5 Å². The minimum Gasteiger partial charge on any atom is -0.493 e. The number of carbonyl (C=O) groups is 2. The zero-order valence-electron chi connectivity index (χ0n) is 15.7. The van der Waals surface area contributed by atoms with Gasteiger partial charge in [0.15, 0.2) is 0 Å². The lowest BCUT2D eigenvalue weighted by Crippen LogP contribution is -2.30. The van der Waals surface area contributed by atoms with Crippen LogP contribution in [0.5, 0.6) is 5.75 Å². The number of para-hydroxylation sites is 1. The Labute approximate surface area is 150 Å². The number of likely N-dealkylation sites (tertiary alicyclic amines) is 1. The predicted octanol–water partition coefficient (Wildman–Crippen LogP) is 3.16. The summed E-state index contributed by atoms with van der Waals surface area (Å²) in [6.07, 6.45) is 1.29. The summed E-state index contributed by atoms with van der Waals surface area (Å²) in [4.78, 5) is 25.1. The Balaban J connectivity index is 1.84. The normalized spacial score (nSPS) is 17.4. The van der Waals surface area contributed by atoms with Gasteiger partial charge in [0.1, 0.15) is 5.75 Å². The quantitative estimate of drug-likeness (QED) is 0.742. The van der Waals surface area contributed by atoms with Crippen molar-refractivity contribution >= 4 is 11.9 Å². The summed E-state index contributed by atoms with van der Waals surface area (Å²) in [6.45, 7) is 8.55. The molecule has 1 aromatic carbocycles. The van der Waals surface area contributed by atoms with Crippen LogP contribution in [0.2, 0.25) is 0 Å². The lowest BCUT2D eigenvalue weighted by molar-refractivity contribution is -0.143. The van der Waals surface area contributed by atoms with E-state index in [0.717, 1.165) is 18.7 Å². The number of methoxy groups -OCH3 is 1. The highest BCUT2D eigenvalue weighted by Crippen LogP contribution is 2.31. The molecule has 2 rings (SSSR count). The van der Waals surface area contributed by atoms with Gasteiger partial charge in [-0.25, -0.2) is 0 Å². The van der Waals surface area contributed by atoms with Crippen molar-refractivity contribution in [2.75, 3.05) is 26.8 Å². The molecule has 1 aliphatic heterocycles. The Morgan fingerprint density at radius 2 is 1.92 bits per heavy atom. The van der Waals surface area contributed by atoms with Crippen molar-refractivity contribution in [3.05, 3.63) is 29.8 Å². The van der Waals surface area contributed by atoms with Crippen LogP contribution in [0.1, 0.15) is 45.6 Å². The molecule has 25 heavy (non-hydrogen) atoms. The van der Waals surface area contributed by atoms with E-state index in [2.05, 4.69) is 31.6 Å². The molecule has 0 aliphatic carbocycles. The molecular formula is C20H29NO4. The SMILES string of the molecule is COC(=O)CCC(=O)N1CCC(COc2ccccc2C(C)(C)C)C1. The molecule has 138 valence electrons. The van der Waals surface area contributed by atoms with Crippen molar-refractivity contribution in [1.29, 1.82) is 0 Å². The minimum absolute atomic E-state index is 0.0167. The summed E-state index contributed by atoms with van der Waals surface area (Å²) < 4.78 is 10.7. The topological polar surface area (TPSA) is 55.8 Å². The van der Waals surface area contributed by atoms with Gasteiger partial charge in [0, 0.05) is 25.4 Å². The Morgan fingerprint density at radius 3 is 2.60 bits per heavy atom. The van der Waals surface area contributed by atoms with E-state index in [1.807, 2.05) is 23.1 Å². The Morgan fingerprint density at radius 1 is 1.20 bits per heavy atom. The zero-order chi connectivity index (χ0) is 18.4. The van der Waals surface area contributed by atoms with Gasteiger partial charge in [0.25, 0.3) is 0 Å². The van der Waals surface area contributed by atoms with Crippen LogP contribution < -0.4 is 4.74 Å². The molecule has 0 N–H and O–H groups in total. The largest absolute Gasteiger partial charge is 0.493 e. The number of ether oxygens (including phenoxy) is 2. The molecule has 5 nitrogen and oxygen atoms in total. The third kappa shape index (κ3) is 5.48. The van der Waals surface area contributed by atoms with Gasteiger partial charge < -0.3 is 14.4 Å². The molecule has 1 atom stereocenters. The Hall–Kier alpha value is -2.04. The van der Waals surface area contributed by atoms with E-state index >= 15 is 0 Å². The van der Waals surface area contributed by atoms with Gasteiger partial charge in [-0.2, -0.15) is 0 Å². The summed E-state index contributed by atoms with van der Waals surface area (Å²) in [5.41, 5.74) is 1.22. The van der Waals surface area contributed by atoms with Crippen molar-refractivity contribution in [3.8, 4) is 5.75 Å². The average molecular weight is 347 g/mol. The molecule has 0 bridgehead atoms. The third-order valence-corrected chi connectivity index (χ3v) is 4.58. The molecule has 0 saturated carbocycles. The van der Waals surface area contributed by atoms with Crippen LogP contribution in [0.3, 0.4) is 0 Å². The Bertz CT molecular complexity index is 606. The summed E-state index contributed by atoms with van der Waals surface area (Å²) in [5, 5.41) is 0. The van der Waals surface area contributed by atoms with Gasteiger partial charge in [-0.1, -0.05) is 39.0 Å². The summed E-state index contributed by atoms with van der Waals surface area (Å²) >= 11 is 0. The predicted molar refractivity (Wildman–Crippen MR) is 96.6 cm³/mol. The molecule has 1 saturated heterocycles. The summed E-state index contributed by atoms with van der Waals surface area (Å²) in [7, 11) is 1.34. The number of hydrogen-bond acceptors (Lipinski definition) is 4. The second-order valence-corrected chi connectivity index (χ2v) is 7.63. The first kappa shape index (κ1) is 19.3. The molecule has 1 unspecified atom stereocenters. The fourth-order valence-electron chi connectivity index (χ4n) is 3.08. The second-order valence-electron chi connectivity index (χ2n) is 7.63. The Kier molecular flexibility index (Phi) is 6.45. The maximum absolute atomic E-state index is 12.1. The smallest absolute Gasteiger partial charge is 0.306 e. The summed E-state index contributed by atoms with van der Waals surface area (Å²) in [6, 6.07) is 8.13. The van der Waals surface area contributed by atoms with E-state index < -0.39 is 0 Å². The first-order chi connectivity index (χ1) is 11.8. The van der Waals surface area contributed by atoms with Crippen molar-refractivity contribution in [1.82, 2.24) is 4.90 Å². The second kappa shape index (κ2) is 8.37. The van der Waals surface area contributed by atoms with Crippen LogP contribution in [0.15, 0.2) is 24.3 Å². The van der Waals surface area contributed by atoms with Gasteiger partial charge >= 0.3 is 5.97 Å². The van der Waals surface area contributed by atoms with E-state index in [-0.39, 0.29) is 30.1 Å². The first-order valence-corrected chi connectivity index (χ1v) is 8.88. The number of nitrogens with zero attached hydrogens (tertiary/aromatic N) is 1. The lowest BCUT2D eigenvalue weighted by atomic mass is 9.86. The number of carbonyl (C=O) groups excluding carboxylic acids is 2. The van der Waals surface area contributed by atoms with Crippen molar-refractivity contribution in [2.24, 2.45) is 5.92 Å². The molecule has 1 aliphatic rings. The van der Waals surface area contributed by atoms with Crippen molar-refractivity contribution in [2.45, 2.75) is 45.4 Å². The highest BCUT2D eigenvalue weighted by Gasteiger charge is 2.27. The zero-order valence-corrected chi connectivity index (χ0v) is 15.7. The maximum atomic E-state index is 12.1. The van der Waals surface area contributed by atoms with Crippen LogP contribution >= 0.6 is 0 Å². The van der Waals surface area contributed by atoms with E-state index in [9.17, 15) is 9.59 Å². The molecule has 1 fully saturated rings. The van der Waals surface area contributed by atoms with Gasteiger partial charge in [-0.15, -0.1) is 0 Å². The van der Waals surface area contributed by atoms with Gasteiger partial charge in [-0.3, -0.25) is 9.59 Å². The summed E-state index contributed by atoms with van der Waals surface area (Å²) in [5.74, 6) is 0.926. The standard InChI is InChI=1S/C20H29NO4/c1-20(2,3)16-7-5-6-8-17(16)25-14-15-11-12-21(13-15)18(22)9-10-19(23)24-4/h5-8,15H,9-14H2,1-4H3. The molecule has 5 heteroatoms. The van der Waals surface area contributed by atoms with Crippen molar-refractivity contribution < 1.29 is 19.1 Å². The molecule has 1 heterocycles. The number of hydrogen-bond donors (Lipinski definition) is 0. The molecule has 0 radical (unpaired) electrons. The number of benzene rings is 1. The van der Waals surface area contributed by atoms with E-state index in [0.29, 0.717) is 19.1 Å². The molecular weight excluding hydrogens is 318 g/mol. The van der Waals surface area contributed by atoms with Crippen LogP contribution in [0.25, 0.3) is 0 Å². The fourth-order valence-corrected chi connectivity index (χ4v) is 3.08. The van der Waals surface area contributed by atoms with E-state index in [4.69, 9.17) is 4.74 Å². The van der Waals surface area contributed by atoms with Crippen LogP contribution in [0.4, 0.5) is 0 Å². The van der Waals surface area contributed by atoms with Gasteiger partial charge in [0.05, 0.1) is 20.1 Å². The highest BCUT2D eigenvalue weighted by molar-refractivity contribution is 5.81. The van der Waals surface area contributed by atoms with Crippen LogP contribution in [0, 0.1) is 5.92 Å². The number of amides is 1. The third-order valence-electron chi connectivity index (χ3n) is 4.58. The first-order valence-electron chi connectivity index (χ1n) is 8.88. The average Bonchev–Trinajstić information content (AvgIpc) is 3.06. The monoisotopic (exact) mass is 347 g/mol. The highest BCUT2D eigenvalue weighted by atomic mass is 16.5. The fraction of sp³-hybridized carbons (Fsp3) is 0.600. The molecule has 0 spiro atoms. The van der Waals surface area contributed by atoms with Crippen LogP contribution in [-0.4, -0.2) is 43.6 Å². The number of rotatable bonds is 6. The lowest BCUT2D eigenvalue weighted by Gasteiger charge is -2.23.